The van der Waals surface area contributed by atoms with Crippen LogP contribution in [0.4, 0.5) is 0 Å². The highest BCUT2D eigenvalue weighted by Crippen LogP contribution is 2.29. The Morgan fingerprint density at radius 2 is 2.16 bits per heavy atom. The second-order valence-electron chi connectivity index (χ2n) is 4.51. The summed E-state index contributed by atoms with van der Waals surface area (Å²) in [5, 5.41) is 0.991. The Morgan fingerprint density at radius 3 is 2.74 bits per heavy atom. The number of hydrogen-bond donors (Lipinski definition) is 1. The number of thiazole rings is 1. The molecule has 0 fully saturated rings. The minimum absolute atomic E-state index is 0.0529. The van der Waals surface area contributed by atoms with E-state index in [4.69, 9.17) is 10.5 Å². The average Bonchev–Trinajstić information content (AvgIpc) is 2.66. The largest absolute Gasteiger partial charge is 0.486 e. The van der Waals surface area contributed by atoms with E-state index in [9.17, 15) is 0 Å². The molecular weight excluding hydrogens is 324 g/mol. The second-order valence-corrected chi connectivity index (χ2v) is 6.71. The van der Waals surface area contributed by atoms with Crippen LogP contribution >= 0.6 is 27.3 Å². The van der Waals surface area contributed by atoms with Gasteiger partial charge in [-0.3, -0.25) is 0 Å². The van der Waals surface area contributed by atoms with Crippen LogP contribution in [0.2, 0.25) is 0 Å². The van der Waals surface area contributed by atoms with E-state index >= 15 is 0 Å². The molecular formula is C14H17BrN2OS. The molecule has 19 heavy (non-hydrogen) atoms. The van der Waals surface area contributed by atoms with Crippen LogP contribution in [0.15, 0.2) is 22.7 Å². The molecule has 0 aliphatic rings. The van der Waals surface area contributed by atoms with Crippen molar-refractivity contribution in [3.8, 4) is 5.75 Å². The van der Waals surface area contributed by atoms with Crippen molar-refractivity contribution < 1.29 is 4.74 Å². The van der Waals surface area contributed by atoms with Gasteiger partial charge in [0.25, 0.3) is 0 Å². The SMILES string of the molecule is Cc1nc(COc2cc(Br)ccc2C(C)N)sc1C. The zero-order valence-electron chi connectivity index (χ0n) is 11.2. The predicted molar refractivity (Wildman–Crippen MR) is 82.7 cm³/mol. The van der Waals surface area contributed by atoms with Crippen LogP contribution in [0, 0.1) is 13.8 Å². The fraction of sp³-hybridized carbons (Fsp3) is 0.357. The van der Waals surface area contributed by atoms with Crippen molar-refractivity contribution >= 4 is 27.3 Å². The van der Waals surface area contributed by atoms with Gasteiger partial charge in [0.1, 0.15) is 17.4 Å². The third-order valence-electron chi connectivity index (χ3n) is 2.89. The molecule has 5 heteroatoms. The van der Waals surface area contributed by atoms with Crippen molar-refractivity contribution in [1.82, 2.24) is 4.98 Å². The van der Waals surface area contributed by atoms with Gasteiger partial charge in [0.2, 0.25) is 0 Å². The third kappa shape index (κ3) is 3.55. The maximum atomic E-state index is 5.95. The summed E-state index contributed by atoms with van der Waals surface area (Å²) in [6, 6.07) is 5.86. The van der Waals surface area contributed by atoms with Crippen LogP contribution in [0.25, 0.3) is 0 Å². The molecule has 1 aromatic carbocycles. The summed E-state index contributed by atoms with van der Waals surface area (Å²) in [7, 11) is 0. The minimum Gasteiger partial charge on any atom is -0.486 e. The first-order valence-corrected chi connectivity index (χ1v) is 7.69. The second kappa shape index (κ2) is 6.03. The maximum Gasteiger partial charge on any atom is 0.140 e. The summed E-state index contributed by atoms with van der Waals surface area (Å²) in [5.41, 5.74) is 8.04. The monoisotopic (exact) mass is 340 g/mol. The Kier molecular flexibility index (Phi) is 4.60. The number of halogens is 1. The number of rotatable bonds is 4. The van der Waals surface area contributed by atoms with Gasteiger partial charge in [-0.2, -0.15) is 0 Å². The van der Waals surface area contributed by atoms with Crippen LogP contribution in [0.1, 0.15) is 34.1 Å². The van der Waals surface area contributed by atoms with Gasteiger partial charge in [0.05, 0.1) is 5.69 Å². The van der Waals surface area contributed by atoms with Gasteiger partial charge >= 0.3 is 0 Å². The van der Waals surface area contributed by atoms with Crippen LogP contribution in [-0.4, -0.2) is 4.98 Å². The fourth-order valence-corrected chi connectivity index (χ4v) is 2.94. The normalized spacial score (nSPS) is 12.5. The highest BCUT2D eigenvalue weighted by atomic mass is 79.9. The molecule has 0 spiro atoms. The standard InChI is InChI=1S/C14H17BrN2OS/c1-8(16)12-5-4-11(15)6-13(12)18-7-14-17-9(2)10(3)19-14/h4-6,8H,7,16H2,1-3H3. The van der Waals surface area contributed by atoms with Gasteiger partial charge in [-0.1, -0.05) is 22.0 Å². The first kappa shape index (κ1) is 14.5. The Morgan fingerprint density at radius 1 is 1.42 bits per heavy atom. The number of benzene rings is 1. The van der Waals surface area contributed by atoms with Crippen molar-refractivity contribution in [1.29, 1.82) is 0 Å². The minimum atomic E-state index is -0.0529. The molecule has 0 bridgehead atoms. The van der Waals surface area contributed by atoms with Crippen LogP contribution in [0.5, 0.6) is 5.75 Å². The van der Waals surface area contributed by atoms with Gasteiger partial charge in [0, 0.05) is 21.0 Å². The lowest BCUT2D eigenvalue weighted by atomic mass is 10.1. The van der Waals surface area contributed by atoms with Gasteiger partial charge in [0.15, 0.2) is 0 Å². The van der Waals surface area contributed by atoms with Crippen LogP contribution in [-0.2, 0) is 6.61 Å². The molecule has 0 saturated heterocycles. The Hall–Kier alpha value is -0.910. The van der Waals surface area contributed by atoms with Crippen LogP contribution < -0.4 is 10.5 Å². The summed E-state index contributed by atoms with van der Waals surface area (Å²) in [6.45, 7) is 6.52. The Labute approximate surface area is 125 Å². The van der Waals surface area contributed by atoms with Gasteiger partial charge < -0.3 is 10.5 Å². The molecule has 0 aliphatic heterocycles. The van der Waals surface area contributed by atoms with E-state index in [-0.39, 0.29) is 6.04 Å². The lowest BCUT2D eigenvalue weighted by Gasteiger charge is -2.13. The van der Waals surface area contributed by atoms with E-state index in [2.05, 4.69) is 27.8 Å². The van der Waals surface area contributed by atoms with E-state index < -0.39 is 0 Å². The lowest BCUT2D eigenvalue weighted by Crippen LogP contribution is -2.08. The number of aromatic nitrogens is 1. The van der Waals surface area contributed by atoms with Crippen molar-refractivity contribution in [2.75, 3.05) is 0 Å². The van der Waals surface area contributed by atoms with E-state index in [1.54, 1.807) is 11.3 Å². The fourth-order valence-electron chi connectivity index (χ4n) is 1.75. The highest BCUT2D eigenvalue weighted by Gasteiger charge is 2.10. The lowest BCUT2D eigenvalue weighted by molar-refractivity contribution is 0.300. The summed E-state index contributed by atoms with van der Waals surface area (Å²) < 4.78 is 6.86. The number of nitrogens with two attached hydrogens (primary N) is 1. The first-order valence-electron chi connectivity index (χ1n) is 6.08. The molecule has 102 valence electrons. The third-order valence-corrected chi connectivity index (χ3v) is 4.43. The van der Waals surface area contributed by atoms with E-state index in [1.165, 1.54) is 4.88 Å². The average molecular weight is 341 g/mol. The summed E-state index contributed by atoms with van der Waals surface area (Å²) in [4.78, 5) is 5.71. The van der Waals surface area contributed by atoms with E-state index in [0.29, 0.717) is 6.61 Å². The summed E-state index contributed by atoms with van der Waals surface area (Å²) in [6.07, 6.45) is 0. The number of ether oxygens (including phenoxy) is 1. The van der Waals surface area contributed by atoms with Crippen molar-refractivity contribution in [3.63, 3.8) is 0 Å². The molecule has 2 N–H and O–H groups in total. The molecule has 1 heterocycles. The van der Waals surface area contributed by atoms with Crippen molar-refractivity contribution in [2.45, 2.75) is 33.4 Å². The molecule has 2 aromatic rings. The van der Waals surface area contributed by atoms with E-state index in [1.807, 2.05) is 32.0 Å². The molecule has 2 rings (SSSR count). The smallest absolute Gasteiger partial charge is 0.140 e. The molecule has 0 aliphatic carbocycles. The molecule has 0 radical (unpaired) electrons. The number of hydrogen-bond acceptors (Lipinski definition) is 4. The highest BCUT2D eigenvalue weighted by molar-refractivity contribution is 9.10. The zero-order chi connectivity index (χ0) is 14.0. The predicted octanol–water partition coefficient (Wildman–Crippen LogP) is 4.12. The number of aryl methyl sites for hydroxylation is 2. The van der Waals surface area contributed by atoms with E-state index in [0.717, 1.165) is 26.5 Å². The topological polar surface area (TPSA) is 48.1 Å². The summed E-state index contributed by atoms with van der Waals surface area (Å²) in [5.74, 6) is 0.815. The Balaban J connectivity index is 2.16. The van der Waals surface area contributed by atoms with Gasteiger partial charge in [-0.25, -0.2) is 4.98 Å². The molecule has 0 amide bonds. The molecule has 1 aromatic heterocycles. The molecule has 1 atom stereocenters. The first-order chi connectivity index (χ1) is 8.97. The summed E-state index contributed by atoms with van der Waals surface area (Å²) >= 11 is 5.13. The van der Waals surface area contributed by atoms with Gasteiger partial charge in [-0.15, -0.1) is 11.3 Å². The molecule has 3 nitrogen and oxygen atoms in total. The quantitative estimate of drug-likeness (QED) is 0.910. The van der Waals surface area contributed by atoms with Gasteiger partial charge in [-0.05, 0) is 32.9 Å². The Bertz CT molecular complexity index is 561. The number of nitrogens with zero attached hydrogens (tertiary/aromatic N) is 1. The zero-order valence-corrected chi connectivity index (χ0v) is 13.6. The van der Waals surface area contributed by atoms with Crippen molar-refractivity contribution in [3.05, 3.63) is 43.8 Å². The van der Waals surface area contributed by atoms with Crippen molar-refractivity contribution in [2.24, 2.45) is 5.73 Å². The maximum absolute atomic E-state index is 5.95. The molecule has 1 unspecified atom stereocenters. The molecule has 0 saturated carbocycles. The van der Waals surface area contributed by atoms with Crippen LogP contribution in [0.3, 0.4) is 0 Å².